The second kappa shape index (κ2) is 7.77. The van der Waals surface area contributed by atoms with Gasteiger partial charge in [-0.05, 0) is 28.6 Å². The topological polar surface area (TPSA) is 28.2 Å². The van der Waals surface area contributed by atoms with E-state index < -0.39 is 0 Å². The zero-order valence-electron chi connectivity index (χ0n) is 11.3. The molecule has 1 saturated heterocycles. The van der Waals surface area contributed by atoms with Gasteiger partial charge in [-0.2, -0.15) is 0 Å². The van der Waals surface area contributed by atoms with Crippen molar-refractivity contribution in [3.8, 4) is 0 Å². The molecule has 21 heavy (non-hydrogen) atoms. The number of piperazine rings is 1. The number of rotatable bonds is 3. The van der Waals surface area contributed by atoms with Gasteiger partial charge in [0.25, 0.3) is 0 Å². The van der Waals surface area contributed by atoms with Crippen LogP contribution < -0.4 is 5.32 Å². The lowest BCUT2D eigenvalue weighted by atomic mass is 10.0. The number of nitrogens with zero attached hydrogens (tertiary/aromatic N) is 2. The molecule has 3 rings (SSSR count). The van der Waals surface area contributed by atoms with Crippen molar-refractivity contribution in [1.82, 2.24) is 15.2 Å². The Kier molecular flexibility index (Phi) is 6.29. The van der Waals surface area contributed by atoms with Gasteiger partial charge in [-0.3, -0.25) is 9.88 Å². The van der Waals surface area contributed by atoms with Crippen LogP contribution in [0, 0.1) is 0 Å². The minimum atomic E-state index is 0. The molecule has 0 spiro atoms. The molecule has 2 aromatic heterocycles. The van der Waals surface area contributed by atoms with E-state index in [4.69, 9.17) is 23.2 Å². The van der Waals surface area contributed by atoms with Crippen molar-refractivity contribution in [2.24, 2.45) is 0 Å². The van der Waals surface area contributed by atoms with Crippen molar-refractivity contribution in [2.75, 3.05) is 19.6 Å². The van der Waals surface area contributed by atoms with Crippen LogP contribution >= 0.6 is 46.9 Å². The SMILES string of the molecule is Cl.Clc1scc(CN2CCNCC2c2ccncc2)c1Cl. The molecule has 0 radical (unpaired) electrons. The molecule has 0 aromatic carbocycles. The van der Waals surface area contributed by atoms with Crippen molar-refractivity contribution >= 4 is 46.9 Å². The predicted octanol–water partition coefficient (Wildman–Crippen LogP) is 4.02. The summed E-state index contributed by atoms with van der Waals surface area (Å²) in [5.41, 5.74) is 2.40. The summed E-state index contributed by atoms with van der Waals surface area (Å²) in [6.07, 6.45) is 3.69. The van der Waals surface area contributed by atoms with Crippen LogP contribution in [0.1, 0.15) is 17.2 Å². The van der Waals surface area contributed by atoms with Crippen LogP contribution in [0.4, 0.5) is 0 Å². The lowest BCUT2D eigenvalue weighted by Crippen LogP contribution is -2.45. The summed E-state index contributed by atoms with van der Waals surface area (Å²) in [6, 6.07) is 4.50. The summed E-state index contributed by atoms with van der Waals surface area (Å²) in [7, 11) is 0. The average Bonchev–Trinajstić information content (AvgIpc) is 2.81. The van der Waals surface area contributed by atoms with Gasteiger partial charge in [0.15, 0.2) is 0 Å². The number of hydrogen-bond donors (Lipinski definition) is 1. The van der Waals surface area contributed by atoms with Crippen LogP contribution in [-0.4, -0.2) is 29.5 Å². The first kappa shape index (κ1) is 17.0. The largest absolute Gasteiger partial charge is 0.314 e. The quantitative estimate of drug-likeness (QED) is 0.891. The molecule has 1 aliphatic rings. The Balaban J connectivity index is 0.00000161. The highest BCUT2D eigenvalue weighted by Gasteiger charge is 2.24. The lowest BCUT2D eigenvalue weighted by molar-refractivity contribution is 0.154. The van der Waals surface area contributed by atoms with E-state index in [1.165, 1.54) is 16.9 Å². The van der Waals surface area contributed by atoms with Gasteiger partial charge in [0.05, 0.1) is 5.02 Å². The second-order valence-corrected chi connectivity index (χ2v) is 6.68. The minimum Gasteiger partial charge on any atom is -0.314 e. The van der Waals surface area contributed by atoms with E-state index in [0.717, 1.165) is 31.7 Å². The molecule has 1 atom stereocenters. The summed E-state index contributed by atoms with van der Waals surface area (Å²) in [6.45, 7) is 3.77. The van der Waals surface area contributed by atoms with Crippen LogP contribution in [0.3, 0.4) is 0 Å². The van der Waals surface area contributed by atoms with Gasteiger partial charge in [0.2, 0.25) is 0 Å². The van der Waals surface area contributed by atoms with E-state index in [2.05, 4.69) is 32.7 Å². The molecule has 7 heteroatoms. The third kappa shape index (κ3) is 3.89. The molecule has 0 saturated carbocycles. The summed E-state index contributed by atoms with van der Waals surface area (Å²) < 4.78 is 0.678. The van der Waals surface area contributed by atoms with Crippen molar-refractivity contribution in [3.05, 3.63) is 50.4 Å². The number of nitrogens with one attached hydrogen (secondary N) is 1. The van der Waals surface area contributed by atoms with Gasteiger partial charge in [-0.25, -0.2) is 0 Å². The van der Waals surface area contributed by atoms with Gasteiger partial charge in [-0.1, -0.05) is 23.2 Å². The first-order valence-electron chi connectivity index (χ1n) is 6.52. The number of thiophene rings is 1. The monoisotopic (exact) mass is 363 g/mol. The van der Waals surface area contributed by atoms with Crippen LogP contribution in [0.2, 0.25) is 9.36 Å². The van der Waals surface area contributed by atoms with Crippen LogP contribution in [0.5, 0.6) is 0 Å². The number of hydrogen-bond acceptors (Lipinski definition) is 4. The van der Waals surface area contributed by atoms with E-state index in [9.17, 15) is 0 Å². The predicted molar refractivity (Wildman–Crippen MR) is 91.8 cm³/mol. The normalized spacial score (nSPS) is 19.2. The molecule has 1 N–H and O–H groups in total. The fourth-order valence-electron chi connectivity index (χ4n) is 2.53. The molecule has 1 unspecified atom stereocenters. The maximum absolute atomic E-state index is 6.25. The maximum atomic E-state index is 6.25. The van der Waals surface area contributed by atoms with Crippen LogP contribution in [0.15, 0.2) is 29.9 Å². The third-order valence-electron chi connectivity index (χ3n) is 3.58. The third-order valence-corrected chi connectivity index (χ3v) is 5.49. The smallest absolute Gasteiger partial charge is 0.112 e. The lowest BCUT2D eigenvalue weighted by Gasteiger charge is -2.36. The zero-order valence-corrected chi connectivity index (χ0v) is 14.4. The Morgan fingerprint density at radius 1 is 1.33 bits per heavy atom. The molecule has 3 heterocycles. The van der Waals surface area contributed by atoms with E-state index in [1.807, 2.05) is 12.4 Å². The molecule has 0 bridgehead atoms. The molecule has 3 nitrogen and oxygen atoms in total. The molecule has 0 aliphatic carbocycles. The fourth-order valence-corrected chi connectivity index (χ4v) is 3.77. The summed E-state index contributed by atoms with van der Waals surface area (Å²) >= 11 is 13.8. The van der Waals surface area contributed by atoms with E-state index in [0.29, 0.717) is 15.4 Å². The first-order valence-corrected chi connectivity index (χ1v) is 8.15. The van der Waals surface area contributed by atoms with Crippen molar-refractivity contribution in [1.29, 1.82) is 0 Å². The van der Waals surface area contributed by atoms with Gasteiger partial charge in [-0.15, -0.1) is 23.7 Å². The fraction of sp³-hybridized carbons (Fsp3) is 0.357. The van der Waals surface area contributed by atoms with Gasteiger partial charge in [0, 0.05) is 44.6 Å². The average molecular weight is 365 g/mol. The molecule has 1 aliphatic heterocycles. The number of pyridine rings is 1. The Morgan fingerprint density at radius 2 is 2.10 bits per heavy atom. The van der Waals surface area contributed by atoms with Crippen molar-refractivity contribution in [3.63, 3.8) is 0 Å². The Bertz CT molecular complexity index is 576. The second-order valence-electron chi connectivity index (χ2n) is 4.82. The molecule has 2 aromatic rings. The van der Waals surface area contributed by atoms with Gasteiger partial charge < -0.3 is 5.32 Å². The number of halogens is 3. The van der Waals surface area contributed by atoms with Gasteiger partial charge in [0.1, 0.15) is 4.34 Å². The van der Waals surface area contributed by atoms with Gasteiger partial charge >= 0.3 is 0 Å². The highest BCUT2D eigenvalue weighted by Crippen LogP contribution is 2.34. The molecule has 1 fully saturated rings. The van der Waals surface area contributed by atoms with Crippen molar-refractivity contribution < 1.29 is 0 Å². The Labute approximate surface area is 144 Å². The maximum Gasteiger partial charge on any atom is 0.112 e. The summed E-state index contributed by atoms with van der Waals surface area (Å²) in [5.74, 6) is 0. The standard InChI is InChI=1S/C14H15Cl2N3S.ClH/c15-13-11(9-20-14(13)16)8-19-6-5-18-7-12(19)10-1-3-17-4-2-10;/h1-4,9,12,18H,5-8H2;1H. The van der Waals surface area contributed by atoms with Crippen molar-refractivity contribution in [2.45, 2.75) is 12.6 Å². The summed E-state index contributed by atoms with van der Waals surface area (Å²) in [4.78, 5) is 6.53. The Hall–Kier alpha value is -0.360. The highest BCUT2D eigenvalue weighted by atomic mass is 35.5. The van der Waals surface area contributed by atoms with E-state index in [-0.39, 0.29) is 12.4 Å². The summed E-state index contributed by atoms with van der Waals surface area (Å²) in [5, 5.41) is 6.20. The molecular weight excluding hydrogens is 349 g/mol. The van der Waals surface area contributed by atoms with E-state index >= 15 is 0 Å². The first-order chi connectivity index (χ1) is 9.75. The molecule has 114 valence electrons. The Morgan fingerprint density at radius 3 is 2.76 bits per heavy atom. The molecule has 0 amide bonds. The minimum absolute atomic E-state index is 0. The zero-order chi connectivity index (χ0) is 13.9. The van der Waals surface area contributed by atoms with Crippen LogP contribution in [-0.2, 0) is 6.54 Å². The highest BCUT2D eigenvalue weighted by molar-refractivity contribution is 7.15. The van der Waals surface area contributed by atoms with E-state index in [1.54, 1.807) is 0 Å². The van der Waals surface area contributed by atoms with Crippen LogP contribution in [0.25, 0.3) is 0 Å². The number of aromatic nitrogens is 1. The molecular formula is C14H16Cl3N3S.